The second kappa shape index (κ2) is 3.08. The molecular formula is C3H5N3O2S. The molecule has 50 valence electrons. The van der Waals surface area contributed by atoms with Crippen LogP contribution in [-0.4, -0.2) is 14.9 Å². The van der Waals surface area contributed by atoms with Crippen molar-refractivity contribution in [2.24, 2.45) is 0 Å². The molecule has 0 aliphatic rings. The first-order chi connectivity index (χ1) is 3.80. The number of rotatable bonds is 1. The normalized spacial score (nSPS) is 8.00. The van der Waals surface area contributed by atoms with Crippen molar-refractivity contribution in [1.82, 2.24) is 9.97 Å². The van der Waals surface area contributed by atoms with Crippen LogP contribution in [0.2, 0.25) is 0 Å². The third kappa shape index (κ3) is 1.73. The van der Waals surface area contributed by atoms with Gasteiger partial charge >= 0.3 is 5.82 Å². The Balaban J connectivity index is 0.000000640. The minimum Gasteiger partial charge on any atom is -0.358 e. The summed E-state index contributed by atoms with van der Waals surface area (Å²) in [5.74, 6) is -0.0787. The third-order valence-electron chi connectivity index (χ3n) is 0.680. The van der Waals surface area contributed by atoms with Gasteiger partial charge in [-0.3, -0.25) is 0 Å². The summed E-state index contributed by atoms with van der Waals surface area (Å²) in [5, 5.41) is 9.80. The second-order valence-corrected chi connectivity index (χ2v) is 1.19. The van der Waals surface area contributed by atoms with E-state index < -0.39 is 4.92 Å². The first-order valence-corrected chi connectivity index (χ1v) is 1.93. The van der Waals surface area contributed by atoms with E-state index in [4.69, 9.17) is 0 Å². The number of nitro groups is 1. The number of nitrogens with one attached hydrogen (secondary N) is 1. The van der Waals surface area contributed by atoms with E-state index >= 15 is 0 Å². The molecule has 0 aliphatic heterocycles. The maximum absolute atomic E-state index is 9.80. The lowest BCUT2D eigenvalue weighted by Crippen LogP contribution is -1.85. The van der Waals surface area contributed by atoms with Crippen LogP contribution in [0.5, 0.6) is 0 Å². The minimum absolute atomic E-state index is 0. The molecule has 5 nitrogen and oxygen atoms in total. The fourth-order valence-electron chi connectivity index (χ4n) is 0.348. The van der Waals surface area contributed by atoms with Crippen molar-refractivity contribution < 1.29 is 4.92 Å². The molecule has 0 aromatic carbocycles. The van der Waals surface area contributed by atoms with Crippen LogP contribution in [-0.2, 0) is 0 Å². The molecule has 0 aliphatic carbocycles. The van der Waals surface area contributed by atoms with Crippen molar-refractivity contribution in [3.05, 3.63) is 22.6 Å². The Labute approximate surface area is 57.7 Å². The molecule has 0 unspecified atom stereocenters. The van der Waals surface area contributed by atoms with Crippen LogP contribution >= 0.6 is 13.5 Å². The molecule has 1 rings (SSSR count). The van der Waals surface area contributed by atoms with Crippen molar-refractivity contribution in [2.75, 3.05) is 0 Å². The molecule has 0 saturated carbocycles. The van der Waals surface area contributed by atoms with Gasteiger partial charge in [0.25, 0.3) is 0 Å². The van der Waals surface area contributed by atoms with Gasteiger partial charge in [0.2, 0.25) is 0 Å². The van der Waals surface area contributed by atoms with Crippen LogP contribution in [0.4, 0.5) is 5.82 Å². The van der Waals surface area contributed by atoms with E-state index in [0.29, 0.717) is 0 Å². The lowest BCUT2D eigenvalue weighted by Gasteiger charge is -1.83. The number of aromatic amines is 1. The summed E-state index contributed by atoms with van der Waals surface area (Å²) < 4.78 is 0. The van der Waals surface area contributed by atoms with Gasteiger partial charge in [-0.05, 0) is 4.92 Å². The highest BCUT2D eigenvalue weighted by molar-refractivity contribution is 7.59. The summed E-state index contributed by atoms with van der Waals surface area (Å²) in [4.78, 5) is 15.0. The van der Waals surface area contributed by atoms with Crippen LogP contribution in [0.1, 0.15) is 0 Å². The largest absolute Gasteiger partial charge is 0.358 e. The summed E-state index contributed by atoms with van der Waals surface area (Å²) in [6, 6.07) is 0. The van der Waals surface area contributed by atoms with Gasteiger partial charge in [0.1, 0.15) is 6.20 Å². The molecule has 1 aromatic rings. The van der Waals surface area contributed by atoms with Gasteiger partial charge in [0.15, 0.2) is 6.33 Å². The molecule has 0 spiro atoms. The highest BCUT2D eigenvalue weighted by Crippen LogP contribution is 1.99. The number of hydrogen-bond acceptors (Lipinski definition) is 3. The van der Waals surface area contributed by atoms with E-state index in [9.17, 15) is 10.1 Å². The Bertz CT molecular complexity index is 185. The molecule has 0 radical (unpaired) electrons. The number of aromatic nitrogens is 2. The monoisotopic (exact) mass is 147 g/mol. The Morgan fingerprint density at radius 1 is 1.78 bits per heavy atom. The third-order valence-corrected chi connectivity index (χ3v) is 0.680. The van der Waals surface area contributed by atoms with Crippen molar-refractivity contribution in [3.8, 4) is 0 Å². The van der Waals surface area contributed by atoms with E-state index in [1.165, 1.54) is 6.33 Å². The van der Waals surface area contributed by atoms with Gasteiger partial charge in [-0.1, -0.05) is 0 Å². The highest BCUT2D eigenvalue weighted by Gasteiger charge is 1.99. The molecule has 0 bridgehead atoms. The first-order valence-electron chi connectivity index (χ1n) is 1.93. The standard InChI is InChI=1S/C3H3N3O2.H2S/c7-6(8)3-1-4-2-5-3;/h1-2H,(H,4,5);1H2. The molecule has 0 amide bonds. The Morgan fingerprint density at radius 3 is 2.67 bits per heavy atom. The van der Waals surface area contributed by atoms with Gasteiger partial charge < -0.3 is 10.1 Å². The Hall–Kier alpha value is -1.04. The number of nitrogens with zero attached hydrogens (tertiary/aromatic N) is 2. The second-order valence-electron chi connectivity index (χ2n) is 1.19. The smallest absolute Gasteiger partial charge is 0.340 e. The zero-order valence-corrected chi connectivity index (χ0v) is 5.37. The highest BCUT2D eigenvalue weighted by atomic mass is 32.1. The van der Waals surface area contributed by atoms with Crippen molar-refractivity contribution in [3.63, 3.8) is 0 Å². The zero-order valence-electron chi connectivity index (χ0n) is 4.37. The molecule has 0 saturated heterocycles. The van der Waals surface area contributed by atoms with E-state index in [-0.39, 0.29) is 19.3 Å². The van der Waals surface area contributed by atoms with Crippen LogP contribution in [0.3, 0.4) is 0 Å². The molecule has 1 heterocycles. The molecular weight excluding hydrogens is 142 g/mol. The van der Waals surface area contributed by atoms with Crippen LogP contribution in [0.25, 0.3) is 0 Å². The first kappa shape index (κ1) is 7.96. The van der Waals surface area contributed by atoms with Gasteiger partial charge in [0, 0.05) is 0 Å². The van der Waals surface area contributed by atoms with Crippen molar-refractivity contribution in [1.29, 1.82) is 0 Å². The lowest BCUT2D eigenvalue weighted by atomic mass is 10.8. The summed E-state index contributed by atoms with van der Waals surface area (Å²) in [6.45, 7) is 0. The Kier molecular flexibility index (Phi) is 2.72. The quantitative estimate of drug-likeness (QED) is 0.462. The van der Waals surface area contributed by atoms with Crippen molar-refractivity contribution >= 4 is 19.3 Å². The predicted octanol–water partition coefficient (Wildman–Crippen LogP) is 0.431. The summed E-state index contributed by atoms with van der Waals surface area (Å²) >= 11 is 0. The maximum atomic E-state index is 9.80. The lowest BCUT2D eigenvalue weighted by molar-refractivity contribution is -0.389. The number of hydrogen-bond donors (Lipinski definition) is 1. The average Bonchev–Trinajstić information content (AvgIpc) is 2.12. The predicted molar refractivity (Wildman–Crippen MR) is 35.6 cm³/mol. The SMILES string of the molecule is O=[N+]([O-])c1cnc[nH]1.S. The molecule has 1 aromatic heterocycles. The van der Waals surface area contributed by atoms with Crippen LogP contribution in [0.15, 0.2) is 12.5 Å². The fraction of sp³-hybridized carbons (Fsp3) is 0. The van der Waals surface area contributed by atoms with Gasteiger partial charge in [-0.25, -0.2) is 9.97 Å². The number of H-pyrrole nitrogens is 1. The summed E-state index contributed by atoms with van der Waals surface area (Å²) in [7, 11) is 0. The van der Waals surface area contributed by atoms with E-state index in [1.807, 2.05) is 0 Å². The zero-order chi connectivity index (χ0) is 5.98. The number of imidazole rings is 1. The van der Waals surface area contributed by atoms with Gasteiger partial charge in [-0.2, -0.15) is 13.5 Å². The molecule has 6 heteroatoms. The fourth-order valence-corrected chi connectivity index (χ4v) is 0.348. The van der Waals surface area contributed by atoms with Crippen LogP contribution in [0, 0.1) is 10.1 Å². The maximum Gasteiger partial charge on any atom is 0.340 e. The van der Waals surface area contributed by atoms with E-state index in [0.717, 1.165) is 6.20 Å². The summed E-state index contributed by atoms with van der Waals surface area (Å²) in [5.41, 5.74) is 0. The van der Waals surface area contributed by atoms with E-state index in [1.54, 1.807) is 0 Å². The van der Waals surface area contributed by atoms with E-state index in [2.05, 4.69) is 9.97 Å². The summed E-state index contributed by atoms with van der Waals surface area (Å²) in [6.07, 6.45) is 2.41. The van der Waals surface area contributed by atoms with Gasteiger partial charge in [0.05, 0.1) is 0 Å². The Morgan fingerprint density at radius 2 is 2.44 bits per heavy atom. The molecule has 1 N–H and O–H groups in total. The molecule has 0 atom stereocenters. The van der Waals surface area contributed by atoms with Crippen LogP contribution < -0.4 is 0 Å². The molecule has 0 fully saturated rings. The van der Waals surface area contributed by atoms with Gasteiger partial charge in [-0.15, -0.1) is 0 Å². The average molecular weight is 147 g/mol. The van der Waals surface area contributed by atoms with Crippen molar-refractivity contribution in [2.45, 2.75) is 0 Å². The topological polar surface area (TPSA) is 71.8 Å². The minimum atomic E-state index is -0.535. The molecule has 9 heavy (non-hydrogen) atoms.